The highest BCUT2D eigenvalue weighted by molar-refractivity contribution is 5.95. The molecular weight excluding hydrogens is 384 g/mol. The van der Waals surface area contributed by atoms with Crippen LogP contribution in [0.3, 0.4) is 0 Å². The minimum atomic E-state index is -0.188. The lowest BCUT2D eigenvalue weighted by Crippen LogP contribution is -2.42. The van der Waals surface area contributed by atoms with Gasteiger partial charge in [0, 0.05) is 43.8 Å². The number of amides is 1. The molecule has 5 heterocycles. The van der Waals surface area contributed by atoms with E-state index in [-0.39, 0.29) is 17.6 Å². The Kier molecular flexibility index (Phi) is 4.45. The number of ether oxygens (including phenoxy) is 1. The van der Waals surface area contributed by atoms with E-state index in [4.69, 9.17) is 4.74 Å². The number of aryl methyl sites for hydroxylation is 1. The standard InChI is InChI=1S/C21H24N6O3/c1-14-5-3-4-7-25(14)20(28)15-11-17-19(22-13-15)26(9-10-30-17)16-6-8-27-18(12-16)23-24(2)21(27)29/h6,8,11-14H,3-5,7,9-10H2,1-2H3/t14-/m0/s1. The van der Waals surface area contributed by atoms with Crippen molar-refractivity contribution in [3.63, 3.8) is 0 Å². The summed E-state index contributed by atoms with van der Waals surface area (Å²) >= 11 is 0. The lowest BCUT2D eigenvalue weighted by Gasteiger charge is -2.34. The fourth-order valence-electron chi connectivity index (χ4n) is 4.27. The Hall–Kier alpha value is -3.36. The van der Waals surface area contributed by atoms with Gasteiger partial charge in [-0.25, -0.2) is 14.5 Å². The van der Waals surface area contributed by atoms with Gasteiger partial charge < -0.3 is 14.5 Å². The zero-order valence-corrected chi connectivity index (χ0v) is 17.1. The molecule has 0 unspecified atom stereocenters. The zero-order chi connectivity index (χ0) is 20.8. The third-order valence-electron chi connectivity index (χ3n) is 5.94. The molecule has 5 rings (SSSR count). The minimum absolute atomic E-state index is 0.00695. The third-order valence-corrected chi connectivity index (χ3v) is 5.94. The van der Waals surface area contributed by atoms with Gasteiger partial charge in [-0.2, -0.15) is 5.10 Å². The Morgan fingerprint density at radius 3 is 2.93 bits per heavy atom. The summed E-state index contributed by atoms with van der Waals surface area (Å²) in [5.41, 5.74) is 1.80. The van der Waals surface area contributed by atoms with E-state index in [0.717, 1.165) is 31.5 Å². The first kappa shape index (κ1) is 18.7. The maximum Gasteiger partial charge on any atom is 0.350 e. The van der Waals surface area contributed by atoms with Gasteiger partial charge in [-0.1, -0.05) is 0 Å². The Morgan fingerprint density at radius 2 is 2.10 bits per heavy atom. The predicted octanol–water partition coefficient (Wildman–Crippen LogP) is 1.97. The van der Waals surface area contributed by atoms with Gasteiger partial charge in [0.05, 0.1) is 12.1 Å². The molecule has 0 spiro atoms. The van der Waals surface area contributed by atoms with Crippen LogP contribution in [0.1, 0.15) is 36.5 Å². The third kappa shape index (κ3) is 3.01. The molecular formula is C21H24N6O3. The molecule has 0 N–H and O–H groups in total. The molecule has 1 saturated heterocycles. The van der Waals surface area contributed by atoms with Gasteiger partial charge in [0.1, 0.15) is 6.61 Å². The van der Waals surface area contributed by atoms with Crippen molar-refractivity contribution in [2.45, 2.75) is 32.2 Å². The Balaban J connectivity index is 1.48. The molecule has 2 aliphatic heterocycles. The number of piperidine rings is 1. The number of aromatic nitrogens is 4. The van der Waals surface area contributed by atoms with Gasteiger partial charge in [0.15, 0.2) is 17.2 Å². The summed E-state index contributed by atoms with van der Waals surface area (Å²) in [5, 5.41) is 4.26. The van der Waals surface area contributed by atoms with Gasteiger partial charge in [0.25, 0.3) is 5.91 Å². The number of carbonyl (C=O) groups excluding carboxylic acids is 1. The van der Waals surface area contributed by atoms with E-state index in [1.54, 1.807) is 25.5 Å². The van der Waals surface area contributed by atoms with Gasteiger partial charge in [-0.05, 0) is 38.3 Å². The Labute approximate surface area is 173 Å². The Bertz CT molecular complexity index is 1180. The van der Waals surface area contributed by atoms with Crippen LogP contribution in [0, 0.1) is 0 Å². The van der Waals surface area contributed by atoms with Crippen molar-refractivity contribution in [2.75, 3.05) is 24.6 Å². The van der Waals surface area contributed by atoms with Crippen LogP contribution in [-0.4, -0.2) is 55.7 Å². The topological polar surface area (TPSA) is 85.0 Å². The van der Waals surface area contributed by atoms with Gasteiger partial charge in [-0.3, -0.25) is 9.20 Å². The monoisotopic (exact) mass is 408 g/mol. The number of likely N-dealkylation sites (tertiary alicyclic amines) is 1. The fourth-order valence-corrected chi connectivity index (χ4v) is 4.27. The number of hydrogen-bond donors (Lipinski definition) is 0. The molecule has 156 valence electrons. The van der Waals surface area contributed by atoms with Crippen LogP contribution in [0.25, 0.3) is 5.65 Å². The van der Waals surface area contributed by atoms with Crippen LogP contribution in [-0.2, 0) is 7.05 Å². The number of pyridine rings is 2. The molecule has 2 aliphatic rings. The highest BCUT2D eigenvalue weighted by atomic mass is 16.5. The first-order chi connectivity index (χ1) is 14.5. The predicted molar refractivity (Wildman–Crippen MR) is 112 cm³/mol. The Morgan fingerprint density at radius 1 is 1.23 bits per heavy atom. The van der Waals surface area contributed by atoms with Crippen LogP contribution in [0.4, 0.5) is 11.5 Å². The van der Waals surface area contributed by atoms with Gasteiger partial charge in [-0.15, -0.1) is 0 Å². The molecule has 3 aromatic rings. The van der Waals surface area contributed by atoms with E-state index in [1.165, 1.54) is 9.08 Å². The minimum Gasteiger partial charge on any atom is -0.488 e. The molecule has 1 atom stereocenters. The summed E-state index contributed by atoms with van der Waals surface area (Å²) in [6.45, 7) is 3.98. The zero-order valence-electron chi connectivity index (χ0n) is 17.1. The number of carbonyl (C=O) groups is 1. The second-order valence-electron chi connectivity index (χ2n) is 7.91. The van der Waals surface area contributed by atoms with Crippen LogP contribution < -0.4 is 15.3 Å². The van der Waals surface area contributed by atoms with Crippen molar-refractivity contribution in [1.82, 2.24) is 24.1 Å². The summed E-state index contributed by atoms with van der Waals surface area (Å²) in [6, 6.07) is 5.75. The van der Waals surface area contributed by atoms with E-state index in [0.29, 0.717) is 35.9 Å². The summed E-state index contributed by atoms with van der Waals surface area (Å²) in [5.74, 6) is 1.26. The van der Waals surface area contributed by atoms with Crippen molar-refractivity contribution in [3.05, 3.63) is 46.6 Å². The molecule has 0 aromatic carbocycles. The van der Waals surface area contributed by atoms with Crippen molar-refractivity contribution in [1.29, 1.82) is 0 Å². The molecule has 0 radical (unpaired) electrons. The molecule has 9 heteroatoms. The van der Waals surface area contributed by atoms with Crippen LogP contribution in [0.5, 0.6) is 5.75 Å². The van der Waals surface area contributed by atoms with E-state index in [1.807, 2.05) is 21.9 Å². The average Bonchev–Trinajstić information content (AvgIpc) is 3.05. The maximum absolute atomic E-state index is 13.0. The van der Waals surface area contributed by atoms with Crippen molar-refractivity contribution >= 4 is 23.1 Å². The fraction of sp³-hybridized carbons (Fsp3) is 0.429. The number of hydrogen-bond acceptors (Lipinski definition) is 6. The quantitative estimate of drug-likeness (QED) is 0.645. The normalized spacial score (nSPS) is 18.9. The molecule has 1 fully saturated rings. The second-order valence-corrected chi connectivity index (χ2v) is 7.91. The highest BCUT2D eigenvalue weighted by Crippen LogP contribution is 2.35. The van der Waals surface area contributed by atoms with Crippen LogP contribution in [0.15, 0.2) is 35.4 Å². The number of nitrogens with zero attached hydrogens (tertiary/aromatic N) is 6. The molecule has 1 amide bonds. The number of anilines is 2. The molecule has 0 bridgehead atoms. The molecule has 30 heavy (non-hydrogen) atoms. The summed E-state index contributed by atoms with van der Waals surface area (Å²) in [4.78, 5) is 33.6. The molecule has 0 aliphatic carbocycles. The smallest absolute Gasteiger partial charge is 0.350 e. The van der Waals surface area contributed by atoms with Gasteiger partial charge >= 0.3 is 5.69 Å². The molecule has 0 saturated carbocycles. The number of fused-ring (bicyclic) bond motifs is 2. The SMILES string of the molecule is C[C@H]1CCCCN1C(=O)c1cnc2c(c1)OCCN2c1ccn2c(=O)n(C)nc2c1. The molecule has 9 nitrogen and oxygen atoms in total. The maximum atomic E-state index is 13.0. The lowest BCUT2D eigenvalue weighted by atomic mass is 10.0. The van der Waals surface area contributed by atoms with E-state index in [2.05, 4.69) is 17.0 Å². The summed E-state index contributed by atoms with van der Waals surface area (Å²) in [7, 11) is 1.63. The lowest BCUT2D eigenvalue weighted by molar-refractivity contribution is 0.0634. The van der Waals surface area contributed by atoms with E-state index >= 15 is 0 Å². The van der Waals surface area contributed by atoms with Crippen molar-refractivity contribution in [3.8, 4) is 5.75 Å². The van der Waals surface area contributed by atoms with Crippen LogP contribution >= 0.6 is 0 Å². The number of rotatable bonds is 2. The second kappa shape index (κ2) is 7.16. The summed E-state index contributed by atoms with van der Waals surface area (Å²) in [6.07, 6.45) is 6.59. The molecule has 3 aromatic heterocycles. The van der Waals surface area contributed by atoms with Crippen molar-refractivity contribution < 1.29 is 9.53 Å². The highest BCUT2D eigenvalue weighted by Gasteiger charge is 2.27. The van der Waals surface area contributed by atoms with Gasteiger partial charge in [0.2, 0.25) is 0 Å². The first-order valence-corrected chi connectivity index (χ1v) is 10.3. The van der Waals surface area contributed by atoms with Crippen LogP contribution in [0.2, 0.25) is 0 Å². The van der Waals surface area contributed by atoms with E-state index in [9.17, 15) is 9.59 Å². The first-order valence-electron chi connectivity index (χ1n) is 10.3. The average molecular weight is 408 g/mol. The largest absolute Gasteiger partial charge is 0.488 e. The van der Waals surface area contributed by atoms with E-state index < -0.39 is 0 Å². The van der Waals surface area contributed by atoms with Crippen molar-refractivity contribution in [2.24, 2.45) is 7.05 Å². The summed E-state index contributed by atoms with van der Waals surface area (Å²) < 4.78 is 8.65.